The zero-order valence-electron chi connectivity index (χ0n) is 20.8. The van der Waals surface area contributed by atoms with Crippen LogP contribution in [0.1, 0.15) is 30.9 Å². The largest absolute Gasteiger partial charge is 0.486 e. The van der Waals surface area contributed by atoms with E-state index in [1.54, 1.807) is 6.20 Å². The number of benzene rings is 2. The molecule has 1 saturated carbocycles. The third-order valence-corrected chi connectivity index (χ3v) is 9.24. The van der Waals surface area contributed by atoms with Crippen LogP contribution in [0.5, 0.6) is 5.75 Å². The molecule has 0 bridgehead atoms. The van der Waals surface area contributed by atoms with Crippen LogP contribution in [0.15, 0.2) is 65.6 Å². The van der Waals surface area contributed by atoms with Gasteiger partial charge < -0.3 is 9.64 Å². The van der Waals surface area contributed by atoms with Gasteiger partial charge in [-0.2, -0.15) is 14.1 Å². The van der Waals surface area contributed by atoms with Gasteiger partial charge in [0.1, 0.15) is 5.69 Å². The molecule has 5 rings (SSSR count). The van der Waals surface area contributed by atoms with Crippen LogP contribution >= 0.6 is 11.6 Å². The summed E-state index contributed by atoms with van der Waals surface area (Å²) < 4.78 is 35.2. The zero-order chi connectivity index (χ0) is 26.0. The van der Waals surface area contributed by atoms with Crippen LogP contribution in [-0.4, -0.2) is 55.3 Å². The third-order valence-electron chi connectivity index (χ3n) is 7.08. The standard InChI is InChI=1S/C27H31ClN4O4S/c1-27(11-12-27)20-36-25-24(18-29-32(26(25)33)23-5-3-2-4-6-23)30-13-15-31(16-14-30)37(34,35)19-22-9-7-21(17-28)8-10-22/h2-10,18H,11-17,19-20H2,1H3. The topological polar surface area (TPSA) is 84.7 Å². The maximum atomic E-state index is 13.5. The highest BCUT2D eigenvalue weighted by atomic mass is 35.5. The van der Waals surface area contributed by atoms with Crippen LogP contribution in [0.25, 0.3) is 5.69 Å². The van der Waals surface area contributed by atoms with Crippen molar-refractivity contribution in [3.63, 3.8) is 0 Å². The summed E-state index contributed by atoms with van der Waals surface area (Å²) >= 11 is 5.84. The highest BCUT2D eigenvalue weighted by Gasteiger charge is 2.39. The number of halogens is 1. The highest BCUT2D eigenvalue weighted by molar-refractivity contribution is 7.88. The van der Waals surface area contributed by atoms with Gasteiger partial charge in [-0.25, -0.2) is 8.42 Å². The number of nitrogens with zero attached hydrogens (tertiary/aromatic N) is 4. The SMILES string of the molecule is CC1(COc2c(N3CCN(S(=O)(=O)Cc4ccc(CCl)cc4)CC3)cnn(-c3ccccc3)c2=O)CC1. The van der Waals surface area contributed by atoms with Gasteiger partial charge >= 0.3 is 5.56 Å². The lowest BCUT2D eigenvalue weighted by atomic mass is 10.2. The number of sulfonamides is 1. The molecule has 1 aliphatic carbocycles. The quantitative estimate of drug-likeness (QED) is 0.382. The number of hydrogen-bond acceptors (Lipinski definition) is 6. The first kappa shape index (κ1) is 25.8. The lowest BCUT2D eigenvalue weighted by Gasteiger charge is -2.35. The minimum absolute atomic E-state index is 0.0583. The van der Waals surface area contributed by atoms with Crippen molar-refractivity contribution in [2.24, 2.45) is 5.41 Å². The van der Waals surface area contributed by atoms with E-state index in [1.807, 2.05) is 59.5 Å². The van der Waals surface area contributed by atoms with E-state index in [0.717, 1.165) is 24.0 Å². The van der Waals surface area contributed by atoms with Crippen LogP contribution in [0, 0.1) is 5.41 Å². The molecule has 2 heterocycles. The van der Waals surface area contributed by atoms with Gasteiger partial charge in [-0.1, -0.05) is 49.4 Å². The Morgan fingerprint density at radius 2 is 1.62 bits per heavy atom. The first-order valence-corrected chi connectivity index (χ1v) is 14.6. The fraction of sp³-hybridized carbons (Fsp3) is 0.407. The molecule has 2 aliphatic rings. The first-order chi connectivity index (χ1) is 17.8. The summed E-state index contributed by atoms with van der Waals surface area (Å²) in [7, 11) is -3.48. The summed E-state index contributed by atoms with van der Waals surface area (Å²) in [4.78, 5) is 15.5. The maximum Gasteiger partial charge on any atom is 0.316 e. The molecule has 1 aliphatic heterocycles. The molecule has 0 amide bonds. The molecule has 0 N–H and O–H groups in total. The van der Waals surface area contributed by atoms with E-state index in [1.165, 1.54) is 8.99 Å². The fourth-order valence-electron chi connectivity index (χ4n) is 4.38. The Morgan fingerprint density at radius 3 is 2.24 bits per heavy atom. The average Bonchev–Trinajstić information content (AvgIpc) is 3.65. The number of ether oxygens (including phenoxy) is 1. The van der Waals surface area contributed by atoms with Gasteiger partial charge in [-0.05, 0) is 36.1 Å². The lowest BCUT2D eigenvalue weighted by Crippen LogP contribution is -2.49. The Hall–Kier alpha value is -2.88. The van der Waals surface area contributed by atoms with E-state index in [-0.39, 0.29) is 22.5 Å². The average molecular weight is 543 g/mol. The predicted octanol–water partition coefficient (Wildman–Crippen LogP) is 3.80. The summed E-state index contributed by atoms with van der Waals surface area (Å²) in [6.45, 7) is 4.13. The normalized spacial score (nSPS) is 17.5. The molecule has 0 spiro atoms. The molecule has 0 atom stereocenters. The Bertz CT molecular complexity index is 1400. The number of para-hydroxylation sites is 1. The number of anilines is 1. The molecule has 3 aromatic rings. The maximum absolute atomic E-state index is 13.5. The van der Waals surface area contributed by atoms with E-state index < -0.39 is 10.0 Å². The molecule has 0 radical (unpaired) electrons. The summed E-state index contributed by atoms with van der Waals surface area (Å²) in [5, 5.41) is 4.42. The Kier molecular flexibility index (Phi) is 7.29. The van der Waals surface area contributed by atoms with Crippen LogP contribution in [0.4, 0.5) is 5.69 Å². The van der Waals surface area contributed by atoms with Crippen molar-refractivity contribution < 1.29 is 13.2 Å². The van der Waals surface area contributed by atoms with Gasteiger partial charge in [-0.15, -0.1) is 11.6 Å². The van der Waals surface area contributed by atoms with Gasteiger partial charge in [0.15, 0.2) is 0 Å². The Balaban J connectivity index is 1.33. The van der Waals surface area contributed by atoms with E-state index in [9.17, 15) is 13.2 Å². The summed E-state index contributed by atoms with van der Waals surface area (Å²) in [6.07, 6.45) is 3.80. The summed E-state index contributed by atoms with van der Waals surface area (Å²) in [6, 6.07) is 16.6. The molecule has 0 unspecified atom stereocenters. The molecule has 10 heteroatoms. The lowest BCUT2D eigenvalue weighted by molar-refractivity contribution is 0.242. The number of aromatic nitrogens is 2. The third kappa shape index (κ3) is 5.84. The van der Waals surface area contributed by atoms with Crippen molar-refractivity contribution in [1.29, 1.82) is 0 Å². The van der Waals surface area contributed by atoms with Crippen molar-refractivity contribution >= 4 is 27.3 Å². The molecule has 196 valence electrons. The number of alkyl halides is 1. The monoisotopic (exact) mass is 542 g/mol. The highest BCUT2D eigenvalue weighted by Crippen LogP contribution is 2.45. The Labute approximate surface area is 222 Å². The van der Waals surface area contributed by atoms with Gasteiger partial charge in [0, 0.05) is 37.5 Å². The van der Waals surface area contributed by atoms with Crippen molar-refractivity contribution in [3.8, 4) is 11.4 Å². The summed E-state index contributed by atoms with van der Waals surface area (Å²) in [5.74, 6) is 0.602. The van der Waals surface area contributed by atoms with Crippen molar-refractivity contribution in [3.05, 3.63) is 82.3 Å². The molecule has 8 nitrogen and oxygen atoms in total. The fourth-order valence-corrected chi connectivity index (χ4v) is 6.08. The predicted molar refractivity (Wildman–Crippen MR) is 145 cm³/mol. The van der Waals surface area contributed by atoms with Crippen LogP contribution < -0.4 is 15.2 Å². The van der Waals surface area contributed by atoms with Gasteiger partial charge in [-0.3, -0.25) is 4.79 Å². The molecule has 1 saturated heterocycles. The Morgan fingerprint density at radius 1 is 0.973 bits per heavy atom. The number of rotatable bonds is 9. The molecule has 2 fully saturated rings. The molecule has 37 heavy (non-hydrogen) atoms. The number of hydrogen-bond donors (Lipinski definition) is 0. The summed E-state index contributed by atoms with van der Waals surface area (Å²) in [5.41, 5.74) is 2.73. The van der Waals surface area contributed by atoms with Crippen molar-refractivity contribution in [2.45, 2.75) is 31.4 Å². The number of piperazine rings is 1. The van der Waals surface area contributed by atoms with Crippen molar-refractivity contribution in [1.82, 2.24) is 14.1 Å². The van der Waals surface area contributed by atoms with Crippen molar-refractivity contribution in [2.75, 3.05) is 37.7 Å². The van der Waals surface area contributed by atoms with E-state index in [2.05, 4.69) is 12.0 Å². The molecule has 2 aromatic carbocycles. The van der Waals surface area contributed by atoms with Crippen LogP contribution in [-0.2, 0) is 21.7 Å². The second kappa shape index (κ2) is 10.5. The minimum Gasteiger partial charge on any atom is -0.486 e. The van der Waals surface area contributed by atoms with E-state index in [0.29, 0.717) is 50.0 Å². The van der Waals surface area contributed by atoms with Gasteiger partial charge in [0.2, 0.25) is 15.8 Å². The van der Waals surface area contributed by atoms with E-state index in [4.69, 9.17) is 16.3 Å². The minimum atomic E-state index is -3.48. The second-order valence-corrected chi connectivity index (χ2v) is 12.3. The first-order valence-electron chi connectivity index (χ1n) is 12.5. The van der Waals surface area contributed by atoms with E-state index >= 15 is 0 Å². The van der Waals surface area contributed by atoms with Gasteiger partial charge in [0.25, 0.3) is 0 Å². The molecule has 1 aromatic heterocycles. The zero-order valence-corrected chi connectivity index (χ0v) is 22.4. The molecular formula is C27H31ClN4O4S. The second-order valence-electron chi connectivity index (χ2n) is 10.1. The van der Waals surface area contributed by atoms with Crippen LogP contribution in [0.3, 0.4) is 0 Å². The van der Waals surface area contributed by atoms with Gasteiger partial charge in [0.05, 0.1) is 24.2 Å². The van der Waals surface area contributed by atoms with Crippen LogP contribution in [0.2, 0.25) is 0 Å². The smallest absolute Gasteiger partial charge is 0.316 e. The molecular weight excluding hydrogens is 512 g/mol.